The van der Waals surface area contributed by atoms with Gasteiger partial charge in [0.2, 0.25) is 6.79 Å². The lowest BCUT2D eigenvalue weighted by Crippen LogP contribution is -2.36. The standard InChI is InChI=1S/C27H24O11/c1-3-22(28)35-15-34-18-9-5-16(6-10-18)26(30)37-20-13-32-25-21(14-33-24(20)25)38-27(31)17-7-11-19(12-8-17)36-23(29)4-2/h3-12,20-21,24-25H,1-2,13-15H2/t20-,21+,24?,25?/m0/s1. The minimum absolute atomic E-state index is 0.0760. The Hall–Kier alpha value is -4.48. The molecular formula is C27H24O11. The number of ether oxygens (including phenoxy) is 7. The smallest absolute Gasteiger partial charge is 0.338 e. The molecule has 2 aromatic rings. The Labute approximate surface area is 217 Å². The topological polar surface area (TPSA) is 133 Å². The normalized spacial score (nSPS) is 21.5. The molecule has 2 heterocycles. The van der Waals surface area contributed by atoms with E-state index in [4.69, 9.17) is 33.2 Å². The van der Waals surface area contributed by atoms with E-state index in [0.29, 0.717) is 5.75 Å². The van der Waals surface area contributed by atoms with Crippen LogP contribution in [0.15, 0.2) is 73.8 Å². The fraction of sp³-hybridized carbons (Fsp3) is 0.259. The van der Waals surface area contributed by atoms with Crippen LogP contribution in [0, 0.1) is 0 Å². The Balaban J connectivity index is 1.26. The first-order chi connectivity index (χ1) is 18.4. The van der Waals surface area contributed by atoms with Gasteiger partial charge in [-0.2, -0.15) is 0 Å². The van der Waals surface area contributed by atoms with Gasteiger partial charge in [0.25, 0.3) is 0 Å². The van der Waals surface area contributed by atoms with Crippen molar-refractivity contribution in [2.75, 3.05) is 20.0 Å². The van der Waals surface area contributed by atoms with Crippen molar-refractivity contribution in [3.8, 4) is 11.5 Å². The molecule has 0 aliphatic carbocycles. The van der Waals surface area contributed by atoms with E-state index in [9.17, 15) is 19.2 Å². The molecule has 2 aliphatic heterocycles. The molecule has 2 aliphatic rings. The van der Waals surface area contributed by atoms with Gasteiger partial charge in [0.15, 0.2) is 12.2 Å². The molecule has 38 heavy (non-hydrogen) atoms. The molecule has 11 heteroatoms. The van der Waals surface area contributed by atoms with Crippen LogP contribution in [0.4, 0.5) is 0 Å². The Morgan fingerprint density at radius 3 is 1.68 bits per heavy atom. The Bertz CT molecular complexity index is 1200. The van der Waals surface area contributed by atoms with Gasteiger partial charge in [-0.1, -0.05) is 13.2 Å². The second-order valence-electron chi connectivity index (χ2n) is 8.09. The number of hydrogen-bond acceptors (Lipinski definition) is 11. The van der Waals surface area contributed by atoms with Gasteiger partial charge < -0.3 is 33.2 Å². The third-order valence-electron chi connectivity index (χ3n) is 5.64. The molecule has 0 amide bonds. The number of esters is 4. The summed E-state index contributed by atoms with van der Waals surface area (Å²) in [5.41, 5.74) is 0.520. The number of carbonyl (C=O) groups excluding carboxylic acids is 4. The molecule has 11 nitrogen and oxygen atoms in total. The Kier molecular flexibility index (Phi) is 8.51. The van der Waals surface area contributed by atoms with Crippen LogP contribution in [-0.2, 0) is 33.3 Å². The monoisotopic (exact) mass is 524 g/mol. The molecule has 4 atom stereocenters. The maximum absolute atomic E-state index is 12.6. The molecular weight excluding hydrogens is 500 g/mol. The molecule has 2 saturated heterocycles. The summed E-state index contributed by atoms with van der Waals surface area (Å²) in [6.45, 7) is 6.47. The first-order valence-corrected chi connectivity index (χ1v) is 11.5. The van der Waals surface area contributed by atoms with Gasteiger partial charge in [-0.25, -0.2) is 19.2 Å². The number of hydrogen-bond donors (Lipinski definition) is 0. The van der Waals surface area contributed by atoms with E-state index in [0.717, 1.165) is 12.2 Å². The highest BCUT2D eigenvalue weighted by molar-refractivity contribution is 5.90. The molecule has 2 fully saturated rings. The fourth-order valence-corrected chi connectivity index (χ4v) is 3.76. The zero-order valence-corrected chi connectivity index (χ0v) is 20.1. The summed E-state index contributed by atoms with van der Waals surface area (Å²) in [6, 6.07) is 11.9. The molecule has 2 unspecified atom stereocenters. The summed E-state index contributed by atoms with van der Waals surface area (Å²) >= 11 is 0. The quantitative estimate of drug-likeness (QED) is 0.149. The molecule has 0 aromatic heterocycles. The summed E-state index contributed by atoms with van der Waals surface area (Å²) in [5, 5.41) is 0. The second kappa shape index (κ2) is 12.2. The van der Waals surface area contributed by atoms with Crippen molar-refractivity contribution in [3.05, 3.63) is 85.0 Å². The Morgan fingerprint density at radius 2 is 1.21 bits per heavy atom. The van der Waals surface area contributed by atoms with Gasteiger partial charge >= 0.3 is 23.9 Å². The minimum atomic E-state index is -0.693. The predicted octanol–water partition coefficient (Wildman–Crippen LogP) is 2.39. The van der Waals surface area contributed by atoms with Crippen molar-refractivity contribution in [2.24, 2.45) is 0 Å². The number of benzene rings is 2. The third-order valence-corrected chi connectivity index (χ3v) is 5.64. The summed E-state index contributed by atoms with van der Waals surface area (Å²) in [7, 11) is 0. The molecule has 0 bridgehead atoms. The minimum Gasteiger partial charge on any atom is -0.457 e. The highest BCUT2D eigenvalue weighted by atomic mass is 16.7. The maximum Gasteiger partial charge on any atom is 0.338 e. The third kappa shape index (κ3) is 6.44. The molecule has 4 rings (SSSR count). The van der Waals surface area contributed by atoms with Crippen molar-refractivity contribution in [3.63, 3.8) is 0 Å². The Morgan fingerprint density at radius 1 is 0.737 bits per heavy atom. The van der Waals surface area contributed by atoms with E-state index in [2.05, 4.69) is 13.2 Å². The largest absolute Gasteiger partial charge is 0.457 e. The van der Waals surface area contributed by atoms with E-state index in [1.54, 1.807) is 0 Å². The lowest BCUT2D eigenvalue weighted by molar-refractivity contribution is -0.144. The van der Waals surface area contributed by atoms with Crippen LogP contribution in [0.1, 0.15) is 20.7 Å². The van der Waals surface area contributed by atoms with Crippen molar-refractivity contribution in [2.45, 2.75) is 24.4 Å². The molecule has 0 radical (unpaired) electrons. The van der Waals surface area contributed by atoms with Crippen LogP contribution in [0.25, 0.3) is 0 Å². The number of carbonyl (C=O) groups is 4. The van der Waals surface area contributed by atoms with Crippen LogP contribution < -0.4 is 9.47 Å². The average molecular weight is 524 g/mol. The zero-order valence-electron chi connectivity index (χ0n) is 20.1. The SMILES string of the molecule is C=CC(=O)OCOc1ccc(C(=O)O[C@H]2COC3C2OC[C@H]3OC(=O)c2ccc(OC(=O)C=C)cc2)cc1. The van der Waals surface area contributed by atoms with Crippen molar-refractivity contribution < 1.29 is 52.3 Å². The molecule has 0 spiro atoms. The van der Waals surface area contributed by atoms with Gasteiger partial charge in [0.1, 0.15) is 23.7 Å². The zero-order chi connectivity index (χ0) is 27.1. The molecule has 0 saturated carbocycles. The van der Waals surface area contributed by atoms with Crippen LogP contribution in [0.5, 0.6) is 11.5 Å². The molecule has 198 valence electrons. The van der Waals surface area contributed by atoms with Crippen LogP contribution in [0.2, 0.25) is 0 Å². The van der Waals surface area contributed by atoms with Gasteiger partial charge in [-0.15, -0.1) is 0 Å². The summed E-state index contributed by atoms with van der Waals surface area (Å²) < 4.78 is 37.6. The predicted molar refractivity (Wildman–Crippen MR) is 128 cm³/mol. The van der Waals surface area contributed by atoms with Crippen LogP contribution in [-0.4, -0.2) is 68.3 Å². The summed E-state index contributed by atoms with van der Waals surface area (Å²) in [5.74, 6) is -1.78. The average Bonchev–Trinajstić information content (AvgIpc) is 3.52. The number of fused-ring (bicyclic) bond motifs is 1. The summed E-state index contributed by atoms with van der Waals surface area (Å²) in [6.07, 6.45) is -0.529. The maximum atomic E-state index is 12.6. The van der Waals surface area contributed by atoms with Crippen molar-refractivity contribution >= 4 is 23.9 Å². The fourth-order valence-electron chi connectivity index (χ4n) is 3.76. The number of rotatable bonds is 10. The van der Waals surface area contributed by atoms with E-state index in [-0.39, 0.29) is 36.9 Å². The van der Waals surface area contributed by atoms with Crippen molar-refractivity contribution in [1.82, 2.24) is 0 Å². The lowest BCUT2D eigenvalue weighted by Gasteiger charge is -2.17. The van der Waals surface area contributed by atoms with Gasteiger partial charge in [-0.05, 0) is 48.5 Å². The van der Waals surface area contributed by atoms with Gasteiger partial charge in [0.05, 0.1) is 24.3 Å². The van der Waals surface area contributed by atoms with Gasteiger partial charge in [0, 0.05) is 12.2 Å². The van der Waals surface area contributed by atoms with E-state index in [1.165, 1.54) is 48.5 Å². The van der Waals surface area contributed by atoms with E-state index < -0.39 is 48.3 Å². The van der Waals surface area contributed by atoms with Crippen LogP contribution in [0.3, 0.4) is 0 Å². The van der Waals surface area contributed by atoms with E-state index in [1.807, 2.05) is 0 Å². The highest BCUT2D eigenvalue weighted by Crippen LogP contribution is 2.31. The van der Waals surface area contributed by atoms with Gasteiger partial charge in [-0.3, -0.25) is 0 Å². The summed E-state index contributed by atoms with van der Waals surface area (Å²) in [4.78, 5) is 47.5. The first kappa shape index (κ1) is 26.6. The van der Waals surface area contributed by atoms with Crippen molar-refractivity contribution in [1.29, 1.82) is 0 Å². The first-order valence-electron chi connectivity index (χ1n) is 11.5. The molecule has 2 aromatic carbocycles. The van der Waals surface area contributed by atoms with Crippen LogP contribution >= 0.6 is 0 Å². The highest BCUT2D eigenvalue weighted by Gasteiger charge is 2.51. The second-order valence-corrected chi connectivity index (χ2v) is 8.09. The molecule has 0 N–H and O–H groups in total. The van der Waals surface area contributed by atoms with E-state index >= 15 is 0 Å². The lowest BCUT2D eigenvalue weighted by atomic mass is 10.1.